The second-order valence-electron chi connectivity index (χ2n) is 6.62. The molecule has 0 saturated heterocycles. The van der Waals surface area contributed by atoms with Crippen LogP contribution in [0.15, 0.2) is 23.0 Å². The summed E-state index contributed by atoms with van der Waals surface area (Å²) < 4.78 is 3.18. The molecule has 136 valence electrons. The molecule has 0 spiro atoms. The first kappa shape index (κ1) is 17.9. The molecule has 1 saturated carbocycles. The Labute approximate surface area is 152 Å². The van der Waals surface area contributed by atoms with Gasteiger partial charge in [0.2, 0.25) is 0 Å². The quantitative estimate of drug-likeness (QED) is 0.803. The number of rotatable bonds is 5. The van der Waals surface area contributed by atoms with E-state index in [1.807, 2.05) is 30.0 Å². The number of hydrogen-bond donors (Lipinski definition) is 2. The van der Waals surface area contributed by atoms with Crippen molar-refractivity contribution < 1.29 is 4.79 Å². The molecular weight excluding hydrogens is 336 g/mol. The van der Waals surface area contributed by atoms with E-state index in [1.54, 1.807) is 23.2 Å². The number of benzene rings is 1. The number of carbonyl (C=O) groups is 1. The maximum absolute atomic E-state index is 12.1. The summed E-state index contributed by atoms with van der Waals surface area (Å²) in [6.45, 7) is 0.666. The second kappa shape index (κ2) is 7.99. The predicted octanol–water partition coefficient (Wildman–Crippen LogP) is 3.06. The van der Waals surface area contributed by atoms with Gasteiger partial charge >= 0.3 is 11.7 Å². The van der Waals surface area contributed by atoms with Crippen molar-refractivity contribution in [1.29, 1.82) is 0 Å². The highest BCUT2D eigenvalue weighted by molar-refractivity contribution is 7.99. The van der Waals surface area contributed by atoms with E-state index in [-0.39, 0.29) is 11.7 Å². The summed E-state index contributed by atoms with van der Waals surface area (Å²) in [5.41, 5.74) is 2.27. The first-order valence-electron chi connectivity index (χ1n) is 8.88. The van der Waals surface area contributed by atoms with Gasteiger partial charge in [0.1, 0.15) is 0 Å². The lowest BCUT2D eigenvalue weighted by atomic mass is 10.0. The highest BCUT2D eigenvalue weighted by atomic mass is 32.2. The SMILES string of the molecule is Cn1c(=O)n(C)c2cc(NC(=O)NCCSC3CCCCC3)ccc21. The van der Waals surface area contributed by atoms with E-state index in [0.717, 1.165) is 22.0 Å². The van der Waals surface area contributed by atoms with Gasteiger partial charge in [0.15, 0.2) is 0 Å². The fourth-order valence-electron chi connectivity index (χ4n) is 3.38. The molecule has 25 heavy (non-hydrogen) atoms. The minimum Gasteiger partial charge on any atom is -0.337 e. The molecule has 0 aliphatic heterocycles. The van der Waals surface area contributed by atoms with E-state index >= 15 is 0 Å². The lowest BCUT2D eigenvalue weighted by Gasteiger charge is -2.20. The van der Waals surface area contributed by atoms with E-state index in [4.69, 9.17) is 0 Å². The number of nitrogens with zero attached hydrogens (tertiary/aromatic N) is 2. The van der Waals surface area contributed by atoms with Crippen molar-refractivity contribution in [1.82, 2.24) is 14.5 Å². The lowest BCUT2D eigenvalue weighted by Crippen LogP contribution is -2.31. The van der Waals surface area contributed by atoms with Crippen LogP contribution in [0.3, 0.4) is 0 Å². The average Bonchev–Trinajstić information content (AvgIpc) is 2.84. The van der Waals surface area contributed by atoms with Crippen LogP contribution in [-0.4, -0.2) is 32.7 Å². The van der Waals surface area contributed by atoms with Crippen LogP contribution in [0.4, 0.5) is 10.5 Å². The van der Waals surface area contributed by atoms with Crippen LogP contribution < -0.4 is 16.3 Å². The molecule has 0 radical (unpaired) electrons. The van der Waals surface area contributed by atoms with Crippen molar-refractivity contribution in [3.63, 3.8) is 0 Å². The zero-order valence-corrected chi connectivity index (χ0v) is 15.7. The van der Waals surface area contributed by atoms with Crippen molar-refractivity contribution in [2.24, 2.45) is 14.1 Å². The van der Waals surface area contributed by atoms with Crippen molar-refractivity contribution in [2.75, 3.05) is 17.6 Å². The number of thioether (sulfide) groups is 1. The van der Waals surface area contributed by atoms with Gasteiger partial charge < -0.3 is 10.6 Å². The zero-order chi connectivity index (χ0) is 17.8. The van der Waals surface area contributed by atoms with Crippen LogP contribution in [-0.2, 0) is 14.1 Å². The predicted molar refractivity (Wildman–Crippen MR) is 105 cm³/mol. The number of urea groups is 1. The molecule has 2 N–H and O–H groups in total. The summed E-state index contributed by atoms with van der Waals surface area (Å²) in [7, 11) is 3.48. The molecule has 0 bridgehead atoms. The smallest absolute Gasteiger partial charge is 0.328 e. The van der Waals surface area contributed by atoms with Crippen molar-refractivity contribution in [3.05, 3.63) is 28.7 Å². The number of imidazole rings is 1. The number of anilines is 1. The number of aromatic nitrogens is 2. The van der Waals surface area contributed by atoms with Gasteiger partial charge in [0.05, 0.1) is 11.0 Å². The molecule has 1 aliphatic carbocycles. The summed E-state index contributed by atoms with van der Waals surface area (Å²) in [4.78, 5) is 24.0. The van der Waals surface area contributed by atoms with Gasteiger partial charge in [0, 0.05) is 37.3 Å². The van der Waals surface area contributed by atoms with Gasteiger partial charge in [-0.15, -0.1) is 0 Å². The highest BCUT2D eigenvalue weighted by Gasteiger charge is 2.13. The van der Waals surface area contributed by atoms with E-state index in [1.165, 1.54) is 32.1 Å². The van der Waals surface area contributed by atoms with Crippen molar-refractivity contribution >= 4 is 34.5 Å². The summed E-state index contributed by atoms with van der Waals surface area (Å²) in [5.74, 6) is 0.949. The maximum Gasteiger partial charge on any atom is 0.328 e. The summed E-state index contributed by atoms with van der Waals surface area (Å²) in [6.07, 6.45) is 6.68. The molecule has 7 heteroatoms. The van der Waals surface area contributed by atoms with Crippen LogP contribution in [0.25, 0.3) is 11.0 Å². The van der Waals surface area contributed by atoms with Crippen molar-refractivity contribution in [2.45, 2.75) is 37.4 Å². The number of carbonyl (C=O) groups excluding carboxylic acids is 1. The van der Waals surface area contributed by atoms with E-state index in [9.17, 15) is 9.59 Å². The molecule has 2 aromatic rings. The molecule has 1 aromatic carbocycles. The molecule has 1 aromatic heterocycles. The van der Waals surface area contributed by atoms with Crippen LogP contribution in [0.5, 0.6) is 0 Å². The van der Waals surface area contributed by atoms with Crippen LogP contribution in [0, 0.1) is 0 Å². The minimum atomic E-state index is -0.204. The fraction of sp³-hybridized carbons (Fsp3) is 0.556. The number of aryl methyl sites for hydroxylation is 2. The Morgan fingerprint density at radius 3 is 2.64 bits per heavy atom. The van der Waals surface area contributed by atoms with Crippen LogP contribution >= 0.6 is 11.8 Å². The summed E-state index contributed by atoms with van der Waals surface area (Å²) in [6, 6.07) is 5.29. The minimum absolute atomic E-state index is 0.0728. The monoisotopic (exact) mass is 362 g/mol. The lowest BCUT2D eigenvalue weighted by molar-refractivity contribution is 0.252. The highest BCUT2D eigenvalue weighted by Crippen LogP contribution is 2.27. The van der Waals surface area contributed by atoms with Gasteiger partial charge in [-0.2, -0.15) is 11.8 Å². The third-order valence-electron chi connectivity index (χ3n) is 4.82. The van der Waals surface area contributed by atoms with Gasteiger partial charge in [-0.05, 0) is 31.0 Å². The Morgan fingerprint density at radius 2 is 1.88 bits per heavy atom. The van der Waals surface area contributed by atoms with E-state index in [2.05, 4.69) is 10.6 Å². The Morgan fingerprint density at radius 1 is 1.16 bits per heavy atom. The van der Waals surface area contributed by atoms with E-state index in [0.29, 0.717) is 12.2 Å². The molecule has 0 unspecified atom stereocenters. The first-order chi connectivity index (χ1) is 12.1. The molecule has 0 atom stereocenters. The fourth-order valence-corrected chi connectivity index (χ4v) is 4.60. The number of amides is 2. The molecule has 1 aliphatic rings. The topological polar surface area (TPSA) is 68.1 Å². The third-order valence-corrected chi connectivity index (χ3v) is 6.21. The molecule has 6 nitrogen and oxygen atoms in total. The maximum atomic E-state index is 12.1. The Hall–Kier alpha value is -1.89. The zero-order valence-electron chi connectivity index (χ0n) is 14.9. The Balaban J connectivity index is 1.50. The molecule has 1 heterocycles. The number of fused-ring (bicyclic) bond motifs is 1. The Bertz CT molecular complexity index is 805. The van der Waals surface area contributed by atoms with E-state index < -0.39 is 0 Å². The van der Waals surface area contributed by atoms with Gasteiger partial charge in [0.25, 0.3) is 0 Å². The molecule has 1 fully saturated rings. The number of nitrogens with one attached hydrogen (secondary N) is 2. The third kappa shape index (κ3) is 4.21. The molecule has 2 amide bonds. The van der Waals surface area contributed by atoms with Crippen LogP contribution in [0.1, 0.15) is 32.1 Å². The van der Waals surface area contributed by atoms with Crippen molar-refractivity contribution in [3.8, 4) is 0 Å². The number of hydrogen-bond acceptors (Lipinski definition) is 3. The normalized spacial score (nSPS) is 15.4. The van der Waals surface area contributed by atoms with Gasteiger partial charge in [-0.25, -0.2) is 9.59 Å². The summed E-state index contributed by atoms with van der Waals surface area (Å²) in [5, 5.41) is 6.51. The van der Waals surface area contributed by atoms with Gasteiger partial charge in [-0.3, -0.25) is 9.13 Å². The first-order valence-corrected chi connectivity index (χ1v) is 9.93. The standard InChI is InChI=1S/C18H26N4O2S/c1-21-15-9-8-13(12-16(15)22(2)18(21)24)20-17(23)19-10-11-25-14-6-4-3-5-7-14/h8-9,12,14H,3-7,10-11H2,1-2H3,(H2,19,20,23). The second-order valence-corrected chi connectivity index (χ2v) is 8.02. The van der Waals surface area contributed by atoms with Crippen LogP contribution in [0.2, 0.25) is 0 Å². The average molecular weight is 362 g/mol. The Kier molecular flexibility index (Phi) is 5.73. The molecule has 3 rings (SSSR count). The van der Waals surface area contributed by atoms with Gasteiger partial charge in [-0.1, -0.05) is 19.3 Å². The summed E-state index contributed by atoms with van der Waals surface area (Å²) >= 11 is 1.97. The largest absolute Gasteiger partial charge is 0.337 e. The molecular formula is C18H26N4O2S.